The van der Waals surface area contributed by atoms with Crippen LogP contribution in [0.25, 0.3) is 33.0 Å². The molecule has 6 heteroatoms. The Labute approximate surface area is 187 Å². The van der Waals surface area contributed by atoms with E-state index in [0.717, 1.165) is 55.5 Å². The molecule has 33 heavy (non-hydrogen) atoms. The Balaban J connectivity index is 1.72. The summed E-state index contributed by atoms with van der Waals surface area (Å²) in [5.74, 6) is -6.88. The summed E-state index contributed by atoms with van der Waals surface area (Å²) in [6.07, 6.45) is 3.73. The molecule has 4 rings (SSSR count). The highest BCUT2D eigenvalue weighted by Gasteiger charge is 2.19. The van der Waals surface area contributed by atoms with Gasteiger partial charge in [0.15, 0.2) is 17.5 Å². The van der Waals surface area contributed by atoms with E-state index in [9.17, 15) is 26.3 Å². The van der Waals surface area contributed by atoms with Gasteiger partial charge in [-0.15, -0.1) is 0 Å². The van der Waals surface area contributed by atoms with Gasteiger partial charge >= 0.3 is 0 Å². The molecule has 0 unspecified atom stereocenters. The van der Waals surface area contributed by atoms with Gasteiger partial charge in [-0.3, -0.25) is 0 Å². The van der Waals surface area contributed by atoms with E-state index in [0.29, 0.717) is 0 Å². The van der Waals surface area contributed by atoms with Crippen LogP contribution in [0.2, 0.25) is 0 Å². The number of benzene rings is 4. The number of rotatable bonds is 6. The zero-order chi connectivity index (χ0) is 23.7. The van der Waals surface area contributed by atoms with Gasteiger partial charge in [0.05, 0.1) is 5.56 Å². The molecule has 0 bridgehead atoms. The SMILES string of the molecule is CCCCCc1ccc(-c2cc(F)c(-c3ccc4c(F)c(F)c(F)cc4c3)c(F)c2)c(F)c1. The van der Waals surface area contributed by atoms with Crippen molar-refractivity contribution >= 4 is 10.8 Å². The minimum Gasteiger partial charge on any atom is -0.206 e. The van der Waals surface area contributed by atoms with Crippen LogP contribution in [-0.4, -0.2) is 0 Å². The molecule has 0 heterocycles. The lowest BCUT2D eigenvalue weighted by Gasteiger charge is -2.12. The second kappa shape index (κ2) is 9.30. The van der Waals surface area contributed by atoms with Crippen molar-refractivity contribution < 1.29 is 26.3 Å². The Morgan fingerprint density at radius 3 is 2.00 bits per heavy atom. The van der Waals surface area contributed by atoms with Crippen LogP contribution < -0.4 is 0 Å². The van der Waals surface area contributed by atoms with Gasteiger partial charge in [-0.25, -0.2) is 26.3 Å². The largest absolute Gasteiger partial charge is 0.206 e. The molecular formula is C27H20F6. The number of fused-ring (bicyclic) bond motifs is 1. The maximum absolute atomic E-state index is 15.0. The average molecular weight is 458 g/mol. The average Bonchev–Trinajstić information content (AvgIpc) is 2.77. The van der Waals surface area contributed by atoms with Crippen LogP contribution in [0, 0.1) is 34.9 Å². The summed E-state index contributed by atoms with van der Waals surface area (Å²) in [6.45, 7) is 2.07. The van der Waals surface area contributed by atoms with E-state index >= 15 is 0 Å². The second-order valence-corrected chi connectivity index (χ2v) is 8.01. The van der Waals surface area contributed by atoms with Crippen molar-refractivity contribution in [2.75, 3.05) is 0 Å². The fourth-order valence-corrected chi connectivity index (χ4v) is 3.99. The summed E-state index contributed by atoms with van der Waals surface area (Å²) in [5.41, 5.74) is 0.501. The van der Waals surface area contributed by atoms with E-state index in [1.165, 1.54) is 24.3 Å². The van der Waals surface area contributed by atoms with Gasteiger partial charge in [-0.05, 0) is 65.3 Å². The molecule has 0 aliphatic heterocycles. The minimum atomic E-state index is -1.62. The molecule has 4 aromatic rings. The lowest BCUT2D eigenvalue weighted by molar-refractivity contribution is 0.453. The monoisotopic (exact) mass is 458 g/mol. The Morgan fingerprint density at radius 2 is 1.33 bits per heavy atom. The molecule has 0 saturated carbocycles. The molecule has 4 aromatic carbocycles. The first-order valence-electron chi connectivity index (χ1n) is 10.7. The van der Waals surface area contributed by atoms with Crippen molar-refractivity contribution in [2.45, 2.75) is 32.6 Å². The van der Waals surface area contributed by atoms with Gasteiger partial charge in [-0.2, -0.15) is 0 Å². The van der Waals surface area contributed by atoms with Crippen molar-refractivity contribution in [2.24, 2.45) is 0 Å². The smallest absolute Gasteiger partial charge is 0.195 e. The van der Waals surface area contributed by atoms with E-state index in [2.05, 4.69) is 6.92 Å². The quantitative estimate of drug-likeness (QED) is 0.154. The zero-order valence-corrected chi connectivity index (χ0v) is 17.8. The molecule has 0 aliphatic carbocycles. The van der Waals surface area contributed by atoms with Crippen molar-refractivity contribution in [3.63, 3.8) is 0 Å². The summed E-state index contributed by atoms with van der Waals surface area (Å²) < 4.78 is 85.6. The topological polar surface area (TPSA) is 0 Å². The Kier molecular flexibility index (Phi) is 6.45. The van der Waals surface area contributed by atoms with Crippen molar-refractivity contribution in [1.82, 2.24) is 0 Å². The third-order valence-electron chi connectivity index (χ3n) is 5.72. The standard InChI is InChI=1S/C27H20F6/c1-2-3-4-5-15-6-8-19(21(28)10-15)18-12-22(29)25(23(30)13-18)16-7-9-20-17(11-16)14-24(31)27(33)26(20)32/h6-14H,2-5H2,1H3. The summed E-state index contributed by atoms with van der Waals surface area (Å²) >= 11 is 0. The highest BCUT2D eigenvalue weighted by molar-refractivity contribution is 5.88. The van der Waals surface area contributed by atoms with Crippen molar-refractivity contribution in [3.8, 4) is 22.3 Å². The van der Waals surface area contributed by atoms with Crippen LogP contribution in [0.3, 0.4) is 0 Å². The van der Waals surface area contributed by atoms with E-state index in [1.54, 1.807) is 6.07 Å². The number of aryl methyl sites for hydroxylation is 1. The predicted molar refractivity (Wildman–Crippen MR) is 118 cm³/mol. The molecule has 0 N–H and O–H groups in total. The molecule has 170 valence electrons. The predicted octanol–water partition coefficient (Wildman–Crippen LogP) is 8.74. The lowest BCUT2D eigenvalue weighted by atomic mass is 9.95. The van der Waals surface area contributed by atoms with Gasteiger partial charge in [0.25, 0.3) is 0 Å². The van der Waals surface area contributed by atoms with E-state index in [-0.39, 0.29) is 27.5 Å². The molecule has 0 aromatic heterocycles. The van der Waals surface area contributed by atoms with Crippen LogP contribution >= 0.6 is 0 Å². The van der Waals surface area contributed by atoms with Gasteiger partial charge in [0.2, 0.25) is 0 Å². The second-order valence-electron chi connectivity index (χ2n) is 8.01. The summed E-state index contributed by atoms with van der Waals surface area (Å²) in [7, 11) is 0. The number of halogens is 6. The van der Waals surface area contributed by atoms with Crippen LogP contribution in [-0.2, 0) is 6.42 Å². The lowest BCUT2D eigenvalue weighted by Crippen LogP contribution is -1.96. The first-order valence-corrected chi connectivity index (χ1v) is 10.7. The third-order valence-corrected chi connectivity index (χ3v) is 5.72. The van der Waals surface area contributed by atoms with E-state index < -0.39 is 40.5 Å². The van der Waals surface area contributed by atoms with Crippen LogP contribution in [0.4, 0.5) is 26.3 Å². The molecule has 0 saturated heterocycles. The molecule has 0 radical (unpaired) electrons. The van der Waals surface area contributed by atoms with Crippen molar-refractivity contribution in [1.29, 1.82) is 0 Å². The molecule has 0 fully saturated rings. The van der Waals surface area contributed by atoms with Gasteiger partial charge in [0, 0.05) is 10.9 Å². The zero-order valence-electron chi connectivity index (χ0n) is 17.8. The Hall–Kier alpha value is -3.28. The molecule has 0 atom stereocenters. The molecular weight excluding hydrogens is 438 g/mol. The number of hydrogen-bond donors (Lipinski definition) is 0. The summed E-state index contributed by atoms with van der Waals surface area (Å²) in [6, 6.07) is 10.9. The summed E-state index contributed by atoms with van der Waals surface area (Å²) in [5, 5.41) is -0.257. The van der Waals surface area contributed by atoms with Crippen LogP contribution in [0.1, 0.15) is 31.7 Å². The first kappa shape index (κ1) is 22.9. The maximum atomic E-state index is 15.0. The van der Waals surface area contributed by atoms with Crippen molar-refractivity contribution in [3.05, 3.63) is 95.1 Å². The van der Waals surface area contributed by atoms with E-state index in [4.69, 9.17) is 0 Å². The normalized spacial score (nSPS) is 11.4. The van der Waals surface area contributed by atoms with Gasteiger partial charge in [-0.1, -0.05) is 44.0 Å². The molecule has 0 amide bonds. The fraction of sp³-hybridized carbons (Fsp3) is 0.185. The Morgan fingerprint density at radius 1 is 0.606 bits per heavy atom. The molecule has 0 nitrogen and oxygen atoms in total. The number of hydrogen-bond acceptors (Lipinski definition) is 0. The number of unbranched alkanes of at least 4 members (excludes halogenated alkanes) is 2. The highest BCUT2D eigenvalue weighted by atomic mass is 19.2. The highest BCUT2D eigenvalue weighted by Crippen LogP contribution is 2.35. The Bertz CT molecular complexity index is 1320. The third kappa shape index (κ3) is 4.47. The first-order chi connectivity index (χ1) is 15.8. The van der Waals surface area contributed by atoms with Crippen LogP contribution in [0.15, 0.2) is 54.6 Å². The van der Waals surface area contributed by atoms with E-state index in [1.807, 2.05) is 0 Å². The molecule has 0 spiro atoms. The van der Waals surface area contributed by atoms with Gasteiger partial charge in [0.1, 0.15) is 17.5 Å². The minimum absolute atomic E-state index is 0.0150. The van der Waals surface area contributed by atoms with Gasteiger partial charge < -0.3 is 0 Å². The van der Waals surface area contributed by atoms with Crippen LogP contribution in [0.5, 0.6) is 0 Å². The summed E-state index contributed by atoms with van der Waals surface area (Å²) in [4.78, 5) is 0. The fourth-order valence-electron chi connectivity index (χ4n) is 3.99. The maximum Gasteiger partial charge on any atom is 0.195 e. The molecule has 0 aliphatic rings.